The second-order valence-corrected chi connectivity index (χ2v) is 5.41. The van der Waals surface area contributed by atoms with Crippen molar-refractivity contribution in [3.05, 3.63) is 57.0 Å². The van der Waals surface area contributed by atoms with E-state index in [4.69, 9.17) is 39.5 Å². The number of carbonyl (C=O) groups excluding carboxylic acids is 1. The number of hydrogen-bond donors (Lipinski definition) is 1. The molecule has 0 aliphatic heterocycles. The second-order valence-electron chi connectivity index (χ2n) is 4.16. The first-order valence-electron chi connectivity index (χ1n) is 6.20. The summed E-state index contributed by atoms with van der Waals surface area (Å²) in [5, 5.41) is 3.64. The Bertz CT molecular complexity index is 651. The molecular formula is C15H12Cl3NO2. The number of halogens is 3. The van der Waals surface area contributed by atoms with Crippen molar-refractivity contribution in [3.8, 4) is 5.75 Å². The molecule has 0 aliphatic carbocycles. The lowest BCUT2D eigenvalue weighted by atomic mass is 10.2. The summed E-state index contributed by atoms with van der Waals surface area (Å²) in [5.74, 6) is 0.293. The molecule has 6 heteroatoms. The molecule has 0 saturated carbocycles. The molecule has 2 aromatic rings. The van der Waals surface area contributed by atoms with Crippen LogP contribution in [0.2, 0.25) is 15.1 Å². The maximum atomic E-state index is 12.2. The number of benzene rings is 2. The number of carbonyl (C=O) groups is 1. The molecule has 110 valence electrons. The molecule has 2 aromatic carbocycles. The van der Waals surface area contributed by atoms with Crippen LogP contribution in [0.1, 0.15) is 17.3 Å². The predicted octanol–water partition coefficient (Wildman–Crippen LogP) is 5.30. The summed E-state index contributed by atoms with van der Waals surface area (Å²) < 4.78 is 5.36. The summed E-state index contributed by atoms with van der Waals surface area (Å²) in [5.41, 5.74) is 0.776. The Morgan fingerprint density at radius 2 is 1.81 bits per heavy atom. The Morgan fingerprint density at radius 1 is 1.14 bits per heavy atom. The molecule has 0 atom stereocenters. The summed E-state index contributed by atoms with van der Waals surface area (Å²) in [6, 6.07) is 9.88. The van der Waals surface area contributed by atoms with Gasteiger partial charge in [-0.05, 0) is 37.3 Å². The average molecular weight is 345 g/mol. The number of amides is 1. The molecule has 0 aromatic heterocycles. The number of rotatable bonds is 4. The first kappa shape index (κ1) is 16.0. The van der Waals surface area contributed by atoms with Crippen LogP contribution in [0, 0.1) is 0 Å². The van der Waals surface area contributed by atoms with Crippen molar-refractivity contribution in [1.82, 2.24) is 0 Å². The van der Waals surface area contributed by atoms with Crippen LogP contribution in [0.15, 0.2) is 36.4 Å². The Kier molecular flexibility index (Phi) is 5.34. The summed E-state index contributed by atoms with van der Waals surface area (Å²) in [6.07, 6.45) is 0. The minimum Gasteiger partial charge on any atom is -0.494 e. The number of nitrogens with one attached hydrogen (secondary N) is 1. The molecule has 0 heterocycles. The van der Waals surface area contributed by atoms with E-state index in [0.717, 1.165) is 0 Å². The lowest BCUT2D eigenvalue weighted by Crippen LogP contribution is -2.12. The zero-order chi connectivity index (χ0) is 15.4. The zero-order valence-corrected chi connectivity index (χ0v) is 13.4. The van der Waals surface area contributed by atoms with Gasteiger partial charge in [-0.15, -0.1) is 0 Å². The van der Waals surface area contributed by atoms with Gasteiger partial charge in [0, 0.05) is 10.6 Å². The molecule has 0 spiro atoms. The number of hydrogen-bond acceptors (Lipinski definition) is 2. The standard InChI is InChI=1S/C15H12Cl3NO2/c1-2-21-11-5-3-4-9(6-11)15(20)19-14-12(17)7-10(16)8-13(14)18/h3-8H,2H2,1H3,(H,19,20). The summed E-state index contributed by atoms with van der Waals surface area (Å²) in [7, 11) is 0. The van der Waals surface area contributed by atoms with E-state index < -0.39 is 0 Å². The van der Waals surface area contributed by atoms with Gasteiger partial charge >= 0.3 is 0 Å². The van der Waals surface area contributed by atoms with Crippen molar-refractivity contribution < 1.29 is 9.53 Å². The third-order valence-corrected chi connectivity index (χ3v) is 3.47. The maximum Gasteiger partial charge on any atom is 0.255 e. The van der Waals surface area contributed by atoms with Crippen LogP contribution >= 0.6 is 34.8 Å². The molecule has 21 heavy (non-hydrogen) atoms. The highest BCUT2D eigenvalue weighted by Crippen LogP contribution is 2.34. The van der Waals surface area contributed by atoms with Gasteiger partial charge in [-0.2, -0.15) is 0 Å². The molecular weight excluding hydrogens is 333 g/mol. The minimum absolute atomic E-state index is 0.279. The van der Waals surface area contributed by atoms with E-state index >= 15 is 0 Å². The van der Waals surface area contributed by atoms with Gasteiger partial charge in [-0.1, -0.05) is 40.9 Å². The average Bonchev–Trinajstić information content (AvgIpc) is 2.43. The molecule has 2 rings (SSSR count). The van der Waals surface area contributed by atoms with Gasteiger partial charge in [-0.3, -0.25) is 4.79 Å². The molecule has 0 unspecified atom stereocenters. The fourth-order valence-corrected chi connectivity index (χ4v) is 2.65. The molecule has 3 nitrogen and oxygen atoms in total. The van der Waals surface area contributed by atoms with E-state index in [9.17, 15) is 4.79 Å². The van der Waals surface area contributed by atoms with Gasteiger partial charge in [0.15, 0.2) is 0 Å². The molecule has 0 radical (unpaired) electrons. The van der Waals surface area contributed by atoms with Gasteiger partial charge in [0.05, 0.1) is 22.3 Å². The predicted molar refractivity (Wildman–Crippen MR) is 87.0 cm³/mol. The van der Waals surface area contributed by atoms with Crippen molar-refractivity contribution in [2.24, 2.45) is 0 Å². The van der Waals surface area contributed by atoms with Gasteiger partial charge in [0.2, 0.25) is 0 Å². The molecule has 0 aliphatic rings. The van der Waals surface area contributed by atoms with Crippen molar-refractivity contribution in [2.75, 3.05) is 11.9 Å². The first-order chi connectivity index (χ1) is 10.0. The monoisotopic (exact) mass is 343 g/mol. The number of anilines is 1. The number of ether oxygens (including phenoxy) is 1. The van der Waals surface area contributed by atoms with Crippen LogP contribution in [-0.4, -0.2) is 12.5 Å². The van der Waals surface area contributed by atoms with Crippen LogP contribution in [-0.2, 0) is 0 Å². The van der Waals surface area contributed by atoms with Crippen LogP contribution in [0.25, 0.3) is 0 Å². The fraction of sp³-hybridized carbons (Fsp3) is 0.133. The Hall–Kier alpha value is -1.42. The van der Waals surface area contributed by atoms with E-state index in [1.54, 1.807) is 24.3 Å². The van der Waals surface area contributed by atoms with E-state index in [1.807, 2.05) is 6.92 Å². The van der Waals surface area contributed by atoms with Crippen molar-refractivity contribution in [2.45, 2.75) is 6.92 Å². The van der Waals surface area contributed by atoms with E-state index in [2.05, 4.69) is 5.32 Å². The zero-order valence-electron chi connectivity index (χ0n) is 11.1. The van der Waals surface area contributed by atoms with Crippen molar-refractivity contribution in [3.63, 3.8) is 0 Å². The Morgan fingerprint density at radius 3 is 2.43 bits per heavy atom. The highest BCUT2D eigenvalue weighted by molar-refractivity contribution is 6.42. The molecule has 0 saturated heterocycles. The molecule has 1 amide bonds. The van der Waals surface area contributed by atoms with E-state index in [1.165, 1.54) is 12.1 Å². The van der Waals surface area contributed by atoms with Gasteiger partial charge in [0.25, 0.3) is 5.91 Å². The van der Waals surface area contributed by atoms with Crippen LogP contribution in [0.5, 0.6) is 5.75 Å². The van der Waals surface area contributed by atoms with E-state index in [0.29, 0.717) is 28.6 Å². The molecule has 1 N–H and O–H groups in total. The topological polar surface area (TPSA) is 38.3 Å². The first-order valence-corrected chi connectivity index (χ1v) is 7.33. The SMILES string of the molecule is CCOc1cccc(C(=O)Nc2c(Cl)cc(Cl)cc2Cl)c1. The quantitative estimate of drug-likeness (QED) is 0.817. The van der Waals surface area contributed by atoms with Gasteiger partial charge < -0.3 is 10.1 Å². The van der Waals surface area contributed by atoms with Crippen LogP contribution < -0.4 is 10.1 Å². The maximum absolute atomic E-state index is 12.2. The molecule has 0 bridgehead atoms. The summed E-state index contributed by atoms with van der Waals surface area (Å²) in [6.45, 7) is 2.40. The van der Waals surface area contributed by atoms with Crippen molar-refractivity contribution >= 4 is 46.4 Å². The van der Waals surface area contributed by atoms with Crippen LogP contribution in [0.4, 0.5) is 5.69 Å². The Balaban J connectivity index is 2.24. The lowest BCUT2D eigenvalue weighted by molar-refractivity contribution is 0.102. The largest absolute Gasteiger partial charge is 0.494 e. The third-order valence-electron chi connectivity index (χ3n) is 2.65. The van der Waals surface area contributed by atoms with E-state index in [-0.39, 0.29) is 16.0 Å². The highest BCUT2D eigenvalue weighted by Gasteiger charge is 2.13. The van der Waals surface area contributed by atoms with Gasteiger partial charge in [0.1, 0.15) is 5.75 Å². The Labute approximate surface area is 137 Å². The van der Waals surface area contributed by atoms with Crippen molar-refractivity contribution in [1.29, 1.82) is 0 Å². The minimum atomic E-state index is -0.331. The lowest BCUT2D eigenvalue weighted by Gasteiger charge is -2.10. The van der Waals surface area contributed by atoms with Crippen LogP contribution in [0.3, 0.4) is 0 Å². The fourth-order valence-electron chi connectivity index (χ4n) is 1.74. The highest BCUT2D eigenvalue weighted by atomic mass is 35.5. The smallest absolute Gasteiger partial charge is 0.255 e. The normalized spacial score (nSPS) is 10.3. The molecule has 0 fully saturated rings. The summed E-state index contributed by atoms with van der Waals surface area (Å²) in [4.78, 5) is 12.2. The third kappa shape index (κ3) is 4.03. The van der Waals surface area contributed by atoms with Gasteiger partial charge in [-0.25, -0.2) is 0 Å². The summed E-state index contributed by atoms with van der Waals surface area (Å²) >= 11 is 17.9. The second kappa shape index (κ2) is 7.03.